The van der Waals surface area contributed by atoms with Gasteiger partial charge in [-0.3, -0.25) is 9.59 Å². The molecule has 7 heteroatoms. The number of methoxy groups -OCH3 is 1. The number of aromatic nitrogens is 1. The number of hydrogen-bond acceptors (Lipinski definition) is 5. The molecule has 0 amide bonds. The van der Waals surface area contributed by atoms with Gasteiger partial charge in [-0.2, -0.15) is 0 Å². The number of H-pyrrole nitrogens is 1. The van der Waals surface area contributed by atoms with Crippen molar-refractivity contribution >= 4 is 28.5 Å². The van der Waals surface area contributed by atoms with Gasteiger partial charge < -0.3 is 19.2 Å². The summed E-state index contributed by atoms with van der Waals surface area (Å²) in [5.41, 5.74) is 2.52. The highest BCUT2D eigenvalue weighted by Gasteiger charge is 2.33. The second-order valence-electron chi connectivity index (χ2n) is 7.80. The number of pyridine rings is 1. The molecule has 4 aromatic rings. The fourth-order valence-electron chi connectivity index (χ4n) is 4.13. The van der Waals surface area contributed by atoms with Crippen LogP contribution in [0, 0.1) is 0 Å². The Morgan fingerprint density at radius 1 is 1.03 bits per heavy atom. The first-order chi connectivity index (χ1) is 16.0. The highest BCUT2D eigenvalue weighted by molar-refractivity contribution is 6.30. The second-order valence-corrected chi connectivity index (χ2v) is 8.24. The third-order valence-electron chi connectivity index (χ3n) is 5.74. The van der Waals surface area contributed by atoms with Gasteiger partial charge in [-0.1, -0.05) is 41.9 Å². The van der Waals surface area contributed by atoms with Gasteiger partial charge in [0.2, 0.25) is 0 Å². The number of para-hydroxylation sites is 1. The Bertz CT molecular complexity index is 1410. The quantitative estimate of drug-likeness (QED) is 0.413. The van der Waals surface area contributed by atoms with Crippen molar-refractivity contribution in [1.29, 1.82) is 0 Å². The van der Waals surface area contributed by atoms with Gasteiger partial charge in [-0.25, -0.2) is 0 Å². The van der Waals surface area contributed by atoms with E-state index in [1.807, 2.05) is 36.4 Å². The van der Waals surface area contributed by atoms with Gasteiger partial charge in [0.05, 0.1) is 24.6 Å². The lowest BCUT2D eigenvalue weighted by molar-refractivity contribution is -0.135. The molecule has 0 saturated heterocycles. The Balaban J connectivity index is 1.51. The van der Waals surface area contributed by atoms with E-state index in [0.29, 0.717) is 45.3 Å². The number of halogens is 1. The number of benzene rings is 3. The van der Waals surface area contributed by atoms with E-state index < -0.39 is 5.92 Å². The first-order valence-corrected chi connectivity index (χ1v) is 10.8. The van der Waals surface area contributed by atoms with E-state index in [2.05, 4.69) is 4.98 Å². The fourth-order valence-corrected chi connectivity index (χ4v) is 4.25. The summed E-state index contributed by atoms with van der Waals surface area (Å²) in [7, 11) is 1.55. The number of carbonyl (C=O) groups excluding carboxylic acids is 1. The maximum absolute atomic E-state index is 13.0. The molecule has 0 bridgehead atoms. The Labute approximate surface area is 194 Å². The molecule has 3 aromatic carbocycles. The molecule has 1 aromatic heterocycles. The minimum Gasteiger partial charge on any atom is -0.493 e. The third kappa shape index (κ3) is 4.05. The molecule has 1 atom stereocenters. The molecule has 1 N–H and O–H groups in total. The van der Waals surface area contributed by atoms with E-state index in [-0.39, 0.29) is 17.9 Å². The van der Waals surface area contributed by atoms with Crippen molar-refractivity contribution in [2.45, 2.75) is 18.9 Å². The minimum atomic E-state index is -0.464. The lowest BCUT2D eigenvalue weighted by Gasteiger charge is -2.25. The first kappa shape index (κ1) is 21.1. The van der Waals surface area contributed by atoms with Crippen molar-refractivity contribution in [3.05, 3.63) is 98.8 Å². The average molecular weight is 462 g/mol. The molecule has 0 spiro atoms. The van der Waals surface area contributed by atoms with Gasteiger partial charge >= 0.3 is 5.97 Å². The van der Waals surface area contributed by atoms with Crippen molar-refractivity contribution in [3.8, 4) is 17.2 Å². The second kappa shape index (κ2) is 8.64. The van der Waals surface area contributed by atoms with Crippen LogP contribution in [0.4, 0.5) is 0 Å². The molecule has 1 unspecified atom stereocenters. The molecular formula is C26H20ClNO5. The Hall–Kier alpha value is -3.77. The molecule has 166 valence electrons. The lowest BCUT2D eigenvalue weighted by Crippen LogP contribution is -2.28. The van der Waals surface area contributed by atoms with E-state index >= 15 is 0 Å². The van der Waals surface area contributed by atoms with E-state index in [0.717, 1.165) is 11.1 Å². The van der Waals surface area contributed by atoms with Crippen LogP contribution in [-0.4, -0.2) is 18.1 Å². The van der Waals surface area contributed by atoms with Crippen molar-refractivity contribution in [2.75, 3.05) is 7.11 Å². The van der Waals surface area contributed by atoms with Crippen LogP contribution in [0.1, 0.15) is 29.0 Å². The zero-order chi connectivity index (χ0) is 22.9. The number of carbonyl (C=O) groups is 1. The number of hydrogen-bond donors (Lipinski definition) is 1. The molecule has 0 radical (unpaired) electrons. The van der Waals surface area contributed by atoms with Crippen LogP contribution in [-0.2, 0) is 11.4 Å². The van der Waals surface area contributed by atoms with Crippen LogP contribution in [0.3, 0.4) is 0 Å². The number of fused-ring (bicyclic) bond motifs is 3. The number of aromatic amines is 1. The predicted octanol–water partition coefficient (Wildman–Crippen LogP) is 5.21. The normalized spacial score (nSPS) is 15.1. The van der Waals surface area contributed by atoms with Crippen molar-refractivity contribution < 1.29 is 19.0 Å². The fraction of sp³-hybridized carbons (Fsp3) is 0.154. The molecule has 6 nitrogen and oxygen atoms in total. The molecule has 0 saturated carbocycles. The summed E-state index contributed by atoms with van der Waals surface area (Å²) in [4.78, 5) is 28.3. The first-order valence-electron chi connectivity index (χ1n) is 10.4. The summed E-state index contributed by atoms with van der Waals surface area (Å²) in [6.07, 6.45) is 0.0581. The number of ether oxygens (including phenoxy) is 3. The van der Waals surface area contributed by atoms with Crippen LogP contribution in [0.5, 0.6) is 17.2 Å². The maximum atomic E-state index is 13.0. The van der Waals surface area contributed by atoms with Crippen molar-refractivity contribution in [2.24, 2.45) is 0 Å². The van der Waals surface area contributed by atoms with Crippen molar-refractivity contribution in [1.82, 2.24) is 4.98 Å². The van der Waals surface area contributed by atoms with E-state index in [9.17, 15) is 9.59 Å². The monoisotopic (exact) mass is 461 g/mol. The van der Waals surface area contributed by atoms with Crippen LogP contribution in [0.15, 0.2) is 71.5 Å². The maximum Gasteiger partial charge on any atom is 0.312 e. The summed E-state index contributed by atoms with van der Waals surface area (Å²) >= 11 is 5.94. The topological polar surface area (TPSA) is 77.6 Å². The average Bonchev–Trinajstić information content (AvgIpc) is 2.83. The number of nitrogens with one attached hydrogen (secondary N) is 1. The number of rotatable bonds is 5. The van der Waals surface area contributed by atoms with Crippen LogP contribution in [0.25, 0.3) is 10.9 Å². The zero-order valence-electron chi connectivity index (χ0n) is 17.8. The summed E-state index contributed by atoms with van der Waals surface area (Å²) in [5, 5.41) is 1.36. The van der Waals surface area contributed by atoms with E-state index in [4.69, 9.17) is 25.8 Å². The lowest BCUT2D eigenvalue weighted by atomic mass is 9.86. The zero-order valence-corrected chi connectivity index (χ0v) is 18.5. The largest absolute Gasteiger partial charge is 0.493 e. The standard InChI is InChI=1S/C26H20ClNO5/c1-31-22-12-16(8-11-21(22)32-14-15-6-9-17(27)10-7-15)19-13-23(29)33-25-18-4-2-3-5-20(18)28-26(30)24(19)25/h2-12,19H,13-14H2,1H3,(H,28,30). The molecule has 1 aliphatic heterocycles. The van der Waals surface area contributed by atoms with E-state index in [1.54, 1.807) is 37.4 Å². The van der Waals surface area contributed by atoms with Crippen LogP contribution >= 0.6 is 11.6 Å². The van der Waals surface area contributed by atoms with Gasteiger partial charge in [0.25, 0.3) is 5.56 Å². The molecule has 0 aliphatic carbocycles. The van der Waals surface area contributed by atoms with Gasteiger partial charge in [0.15, 0.2) is 11.5 Å². The van der Waals surface area contributed by atoms with Gasteiger partial charge in [0.1, 0.15) is 12.4 Å². The summed E-state index contributed by atoms with van der Waals surface area (Å²) in [6.45, 7) is 0.344. The number of esters is 1. The molecule has 33 heavy (non-hydrogen) atoms. The summed E-state index contributed by atoms with van der Waals surface area (Å²) < 4.78 is 17.0. The van der Waals surface area contributed by atoms with Gasteiger partial charge in [-0.15, -0.1) is 0 Å². The molecule has 1 aliphatic rings. The molecule has 5 rings (SSSR count). The highest BCUT2D eigenvalue weighted by Crippen LogP contribution is 2.42. The smallest absolute Gasteiger partial charge is 0.312 e. The van der Waals surface area contributed by atoms with Crippen molar-refractivity contribution in [3.63, 3.8) is 0 Å². The Morgan fingerprint density at radius 3 is 2.61 bits per heavy atom. The molecular weight excluding hydrogens is 442 g/mol. The minimum absolute atomic E-state index is 0.0581. The SMILES string of the molecule is COc1cc(C2CC(=O)Oc3c2c(=O)[nH]c2ccccc32)ccc1OCc1ccc(Cl)cc1. The third-order valence-corrected chi connectivity index (χ3v) is 5.99. The highest BCUT2D eigenvalue weighted by atomic mass is 35.5. The molecule has 2 heterocycles. The van der Waals surface area contributed by atoms with E-state index in [1.165, 1.54) is 0 Å². The predicted molar refractivity (Wildman–Crippen MR) is 125 cm³/mol. The Morgan fingerprint density at radius 2 is 1.82 bits per heavy atom. The van der Waals surface area contributed by atoms with Crippen LogP contribution < -0.4 is 19.8 Å². The summed E-state index contributed by atoms with van der Waals surface area (Å²) in [6, 6.07) is 20.1. The Kier molecular flexibility index (Phi) is 5.52. The molecule has 0 fully saturated rings. The van der Waals surface area contributed by atoms with Gasteiger partial charge in [-0.05, 0) is 47.5 Å². The van der Waals surface area contributed by atoms with Gasteiger partial charge in [0, 0.05) is 16.3 Å². The summed E-state index contributed by atoms with van der Waals surface area (Å²) in [5.74, 6) is 0.540. The van der Waals surface area contributed by atoms with Crippen LogP contribution in [0.2, 0.25) is 5.02 Å².